The van der Waals surface area contributed by atoms with Crippen molar-refractivity contribution in [3.05, 3.63) is 24.3 Å². The van der Waals surface area contributed by atoms with Crippen molar-refractivity contribution < 1.29 is 14.3 Å². The Hall–Kier alpha value is -1.27. The van der Waals surface area contributed by atoms with Crippen LogP contribution in [0.2, 0.25) is 0 Å². The van der Waals surface area contributed by atoms with E-state index in [9.17, 15) is 9.59 Å². The van der Waals surface area contributed by atoms with Crippen LogP contribution in [0.3, 0.4) is 0 Å². The number of ether oxygens (including phenoxy) is 1. The Morgan fingerprint density at radius 1 is 0.574 bits per heavy atom. The molecule has 0 saturated heterocycles. The van der Waals surface area contributed by atoms with Gasteiger partial charge in [0.15, 0.2) is 0 Å². The minimum absolute atomic E-state index is 0.0175. The summed E-state index contributed by atoms with van der Waals surface area (Å²) in [5, 5.41) is 0.242. The highest BCUT2D eigenvalue weighted by molar-refractivity contribution is 8.13. The van der Waals surface area contributed by atoms with Gasteiger partial charge in [-0.3, -0.25) is 9.59 Å². The number of rotatable bonds is 40. The quantitative estimate of drug-likeness (QED) is 0.0352. The van der Waals surface area contributed by atoms with Gasteiger partial charge in [0.2, 0.25) is 0 Å². The summed E-state index contributed by atoms with van der Waals surface area (Å²) in [4.78, 5) is 30.0. The maximum absolute atomic E-state index is 13.2. The highest BCUT2D eigenvalue weighted by atomic mass is 32.2. The van der Waals surface area contributed by atoms with Crippen LogP contribution in [0.5, 0.6) is 0 Å². The molecule has 2 unspecified atom stereocenters. The van der Waals surface area contributed by atoms with Crippen LogP contribution in [-0.2, 0) is 9.53 Å². The number of hydrogen-bond acceptors (Lipinski definition) is 5. The Bertz CT molecular complexity index is 876. The van der Waals surface area contributed by atoms with Crippen molar-refractivity contribution in [1.82, 2.24) is 9.80 Å². The number of allylic oxidation sites excluding steroid dienone is 4. The van der Waals surface area contributed by atoms with Crippen molar-refractivity contribution in [2.75, 3.05) is 39.5 Å². The third kappa shape index (κ3) is 36.4. The lowest BCUT2D eigenvalue weighted by Crippen LogP contribution is -2.32. The molecule has 1 amide bonds. The standard InChI is InChI=1S/C48H92N2O3S/c1-7-10-13-16-17-18-19-20-21-22-23-24-25-26-30-35-41-50(48(52)54-44-45(4)49(5)6)42-36-31-27-29-34-39-47(51)53-43-40-46(37-32-15-12-9-3)38-33-28-14-11-8-2/h18-19,21-22,45-46H,7-17,20,23-44H2,1-6H3/b19-18-,22-21-. The zero-order valence-electron chi connectivity index (χ0n) is 37.0. The molecule has 0 rings (SSSR count). The first-order chi connectivity index (χ1) is 26.3. The monoisotopic (exact) mass is 777 g/mol. The van der Waals surface area contributed by atoms with Crippen molar-refractivity contribution >= 4 is 23.0 Å². The molecule has 0 spiro atoms. The fourth-order valence-corrected chi connectivity index (χ4v) is 7.91. The van der Waals surface area contributed by atoms with Crippen molar-refractivity contribution in [2.24, 2.45) is 5.92 Å². The SMILES string of the molecule is CCCCCC/C=C\C/C=C\CCCCCCCN(CCCCCCCC(=O)OCCC(CCCCCC)CCCCCCC)C(=O)SCC(C)N(C)C. The summed E-state index contributed by atoms with van der Waals surface area (Å²) in [6, 6.07) is 0.380. The maximum atomic E-state index is 13.2. The van der Waals surface area contributed by atoms with Crippen molar-refractivity contribution in [3.63, 3.8) is 0 Å². The third-order valence-electron chi connectivity index (χ3n) is 11.0. The second kappa shape index (κ2) is 41.4. The minimum atomic E-state index is -0.0175. The molecule has 0 aliphatic rings. The number of amides is 1. The third-order valence-corrected chi connectivity index (χ3v) is 12.2. The average molecular weight is 777 g/mol. The van der Waals surface area contributed by atoms with Gasteiger partial charge in [0.25, 0.3) is 5.24 Å². The number of unbranched alkanes of at least 4 members (excludes halogenated alkanes) is 20. The first-order valence-electron chi connectivity index (χ1n) is 23.4. The topological polar surface area (TPSA) is 49.9 Å². The second-order valence-electron chi connectivity index (χ2n) is 16.4. The average Bonchev–Trinajstić information content (AvgIpc) is 3.16. The highest BCUT2D eigenvalue weighted by Crippen LogP contribution is 2.22. The molecule has 0 bridgehead atoms. The van der Waals surface area contributed by atoms with E-state index in [0.29, 0.717) is 25.0 Å². The van der Waals surface area contributed by atoms with E-state index in [4.69, 9.17) is 4.74 Å². The largest absolute Gasteiger partial charge is 0.466 e. The molecule has 0 aliphatic carbocycles. The molecule has 0 aromatic heterocycles. The molecule has 0 heterocycles. The van der Waals surface area contributed by atoms with Gasteiger partial charge in [-0.05, 0) is 84.7 Å². The van der Waals surface area contributed by atoms with Gasteiger partial charge in [0.05, 0.1) is 6.61 Å². The molecule has 0 aromatic carbocycles. The summed E-state index contributed by atoms with van der Waals surface area (Å²) in [6.45, 7) is 11.3. The normalized spacial score (nSPS) is 13.0. The Labute approximate surface area is 342 Å². The van der Waals surface area contributed by atoms with Gasteiger partial charge < -0.3 is 14.5 Å². The van der Waals surface area contributed by atoms with Crippen LogP contribution in [0.1, 0.15) is 220 Å². The van der Waals surface area contributed by atoms with E-state index in [2.05, 4.69) is 75.9 Å². The van der Waals surface area contributed by atoms with Crippen LogP contribution in [0.4, 0.5) is 4.79 Å². The molecule has 0 saturated carbocycles. The summed E-state index contributed by atoms with van der Waals surface area (Å²) in [5.41, 5.74) is 0. The first-order valence-corrected chi connectivity index (χ1v) is 24.4. The Balaban J connectivity index is 4.30. The van der Waals surface area contributed by atoms with Gasteiger partial charge in [-0.15, -0.1) is 0 Å². The van der Waals surface area contributed by atoms with Crippen LogP contribution >= 0.6 is 11.8 Å². The predicted molar refractivity (Wildman–Crippen MR) is 241 cm³/mol. The maximum Gasteiger partial charge on any atom is 0.305 e. The van der Waals surface area contributed by atoms with E-state index in [1.165, 1.54) is 147 Å². The molecule has 0 aliphatic heterocycles. The molecule has 5 nitrogen and oxygen atoms in total. The van der Waals surface area contributed by atoms with Gasteiger partial charge in [-0.1, -0.05) is 185 Å². The van der Waals surface area contributed by atoms with Gasteiger partial charge >= 0.3 is 5.97 Å². The molecular formula is C48H92N2O3S. The minimum Gasteiger partial charge on any atom is -0.466 e. The molecular weight excluding hydrogens is 685 g/mol. The molecule has 318 valence electrons. The van der Waals surface area contributed by atoms with Crippen LogP contribution in [-0.4, -0.2) is 66.6 Å². The predicted octanol–water partition coefficient (Wildman–Crippen LogP) is 15.1. The van der Waals surface area contributed by atoms with E-state index < -0.39 is 0 Å². The summed E-state index contributed by atoms with van der Waals surface area (Å²) >= 11 is 1.49. The summed E-state index contributed by atoms with van der Waals surface area (Å²) in [6.07, 6.45) is 45.5. The molecule has 6 heteroatoms. The molecule has 2 atom stereocenters. The zero-order valence-corrected chi connectivity index (χ0v) is 37.8. The molecule has 0 N–H and O–H groups in total. The van der Waals surface area contributed by atoms with Gasteiger partial charge in [0, 0.05) is 31.3 Å². The molecule has 54 heavy (non-hydrogen) atoms. The molecule has 0 aromatic rings. The first kappa shape index (κ1) is 52.7. The van der Waals surface area contributed by atoms with E-state index in [1.54, 1.807) is 0 Å². The van der Waals surface area contributed by atoms with Gasteiger partial charge in [-0.25, -0.2) is 0 Å². The fraction of sp³-hybridized carbons (Fsp3) is 0.875. The van der Waals surface area contributed by atoms with Gasteiger partial charge in [0.1, 0.15) is 0 Å². The Morgan fingerprint density at radius 3 is 1.59 bits per heavy atom. The van der Waals surface area contributed by atoms with E-state index >= 15 is 0 Å². The number of carbonyl (C=O) groups is 2. The fourth-order valence-electron chi connectivity index (χ4n) is 6.86. The van der Waals surface area contributed by atoms with Crippen molar-refractivity contribution in [3.8, 4) is 0 Å². The van der Waals surface area contributed by atoms with Crippen molar-refractivity contribution in [1.29, 1.82) is 0 Å². The molecule has 0 radical (unpaired) electrons. The number of thioether (sulfide) groups is 1. The number of hydrogen-bond donors (Lipinski definition) is 0. The van der Waals surface area contributed by atoms with Gasteiger partial charge in [-0.2, -0.15) is 0 Å². The highest BCUT2D eigenvalue weighted by Gasteiger charge is 2.16. The summed E-state index contributed by atoms with van der Waals surface area (Å²) in [5.74, 6) is 1.52. The molecule has 0 fully saturated rings. The van der Waals surface area contributed by atoms with E-state index in [1.807, 2.05) is 0 Å². The second-order valence-corrected chi connectivity index (χ2v) is 17.4. The Morgan fingerprint density at radius 2 is 1.04 bits per heavy atom. The van der Waals surface area contributed by atoms with Crippen LogP contribution in [0.15, 0.2) is 24.3 Å². The lowest BCUT2D eigenvalue weighted by molar-refractivity contribution is -0.144. The number of carbonyl (C=O) groups excluding carboxylic acids is 2. The lowest BCUT2D eigenvalue weighted by atomic mass is 9.92. The smallest absolute Gasteiger partial charge is 0.305 e. The van der Waals surface area contributed by atoms with Crippen LogP contribution in [0, 0.1) is 5.92 Å². The van der Waals surface area contributed by atoms with E-state index in [0.717, 1.165) is 70.2 Å². The van der Waals surface area contributed by atoms with Crippen LogP contribution in [0.25, 0.3) is 0 Å². The van der Waals surface area contributed by atoms with Crippen molar-refractivity contribution in [2.45, 2.75) is 226 Å². The zero-order chi connectivity index (χ0) is 39.7. The number of esters is 1. The lowest BCUT2D eigenvalue weighted by Gasteiger charge is -2.24. The number of nitrogens with zero attached hydrogens (tertiary/aromatic N) is 2. The van der Waals surface area contributed by atoms with E-state index in [-0.39, 0.29) is 11.2 Å². The van der Waals surface area contributed by atoms with Crippen LogP contribution < -0.4 is 0 Å². The summed E-state index contributed by atoms with van der Waals surface area (Å²) in [7, 11) is 4.17. The Kier molecular flexibility index (Phi) is 40.4. The summed E-state index contributed by atoms with van der Waals surface area (Å²) < 4.78 is 5.70.